The zero-order valence-electron chi connectivity index (χ0n) is 19.0. The summed E-state index contributed by atoms with van der Waals surface area (Å²) in [5.74, 6) is 0.411. The van der Waals surface area contributed by atoms with Gasteiger partial charge in [0.2, 0.25) is 0 Å². The monoisotopic (exact) mass is 444 g/mol. The molecule has 3 aromatic rings. The number of hydrogen-bond acceptors (Lipinski definition) is 6. The second-order valence-corrected chi connectivity index (χ2v) is 9.14. The van der Waals surface area contributed by atoms with E-state index in [1.807, 2.05) is 44.3 Å². The van der Waals surface area contributed by atoms with Gasteiger partial charge in [-0.25, -0.2) is 4.98 Å². The molecule has 8 nitrogen and oxygen atoms in total. The number of amides is 1. The van der Waals surface area contributed by atoms with Crippen LogP contribution in [0.3, 0.4) is 0 Å². The van der Waals surface area contributed by atoms with Crippen molar-refractivity contribution in [3.8, 4) is 11.3 Å². The first-order valence-electron chi connectivity index (χ1n) is 11.5. The lowest BCUT2D eigenvalue weighted by molar-refractivity contribution is -0.0449. The van der Waals surface area contributed by atoms with Crippen LogP contribution in [0.4, 0.5) is 0 Å². The average Bonchev–Trinajstić information content (AvgIpc) is 3.51. The van der Waals surface area contributed by atoms with E-state index in [4.69, 9.17) is 4.84 Å². The van der Waals surface area contributed by atoms with Crippen LogP contribution < -0.4 is 5.32 Å². The van der Waals surface area contributed by atoms with Gasteiger partial charge in [0.05, 0.1) is 17.4 Å². The van der Waals surface area contributed by atoms with Crippen LogP contribution in [0.15, 0.2) is 48.0 Å². The molecule has 8 heteroatoms. The molecule has 5 rings (SSSR count). The van der Waals surface area contributed by atoms with Gasteiger partial charge in [-0.3, -0.25) is 14.9 Å². The first-order chi connectivity index (χ1) is 16.0. The van der Waals surface area contributed by atoms with Crippen molar-refractivity contribution in [2.75, 3.05) is 0 Å². The van der Waals surface area contributed by atoms with Gasteiger partial charge in [-0.05, 0) is 69.4 Å². The van der Waals surface area contributed by atoms with Crippen LogP contribution >= 0.6 is 0 Å². The first-order valence-corrected chi connectivity index (χ1v) is 11.5. The van der Waals surface area contributed by atoms with E-state index in [0.717, 1.165) is 47.4 Å². The Bertz CT molecular complexity index is 1160. The molecule has 1 aliphatic carbocycles. The number of pyridine rings is 1. The number of aryl methyl sites for hydroxylation is 1. The van der Waals surface area contributed by atoms with Gasteiger partial charge in [0, 0.05) is 29.3 Å². The van der Waals surface area contributed by atoms with E-state index in [2.05, 4.69) is 36.7 Å². The quantitative estimate of drug-likeness (QED) is 0.603. The number of oxime groups is 1. The van der Waals surface area contributed by atoms with Crippen molar-refractivity contribution in [3.05, 3.63) is 65.4 Å². The van der Waals surface area contributed by atoms with Gasteiger partial charge in [0.1, 0.15) is 17.8 Å². The third-order valence-corrected chi connectivity index (χ3v) is 6.53. The van der Waals surface area contributed by atoms with E-state index in [1.165, 1.54) is 25.6 Å². The molecule has 0 saturated heterocycles. The molecule has 2 N–H and O–H groups in total. The fourth-order valence-electron chi connectivity index (χ4n) is 4.62. The zero-order valence-corrected chi connectivity index (χ0v) is 19.0. The van der Waals surface area contributed by atoms with Crippen LogP contribution in [-0.2, 0) is 4.84 Å². The summed E-state index contributed by atoms with van der Waals surface area (Å²) in [5.41, 5.74) is 4.92. The molecular formula is C25H28N6O2. The molecule has 0 unspecified atom stereocenters. The maximum Gasteiger partial charge on any atom is 0.251 e. The number of hydrogen-bond donors (Lipinski definition) is 2. The molecule has 1 fully saturated rings. The topological polar surface area (TPSA) is 105 Å². The highest BCUT2D eigenvalue weighted by molar-refractivity contribution is 6.05. The lowest BCUT2D eigenvalue weighted by Crippen LogP contribution is -2.31. The molecule has 1 spiro atoms. The number of nitrogens with zero attached hydrogens (tertiary/aromatic N) is 4. The summed E-state index contributed by atoms with van der Waals surface area (Å²) in [6, 6.07) is 9.51. The molecular weight excluding hydrogens is 416 g/mol. The maximum atomic E-state index is 13.2. The number of carbonyl (C=O) groups is 1. The molecule has 1 aliphatic heterocycles. The van der Waals surface area contributed by atoms with Crippen LogP contribution in [0, 0.1) is 6.92 Å². The van der Waals surface area contributed by atoms with Gasteiger partial charge < -0.3 is 10.2 Å². The fraction of sp³-hybridized carbons (Fsp3) is 0.400. The number of H-pyrrole nitrogens is 1. The zero-order chi connectivity index (χ0) is 22.8. The standard InChI is InChI=1S/C25H28N6O2/c1-16-6-7-21(26-14-16)18-10-19(22-13-25(33-31-22)8-4-3-5-9-25)12-20(11-18)24(32)29-17(2)23-27-15-28-30-23/h6-7,10-12,14-15,17H,3-5,8-9,13H2,1-2H3,(H,29,32)(H,27,28,30)/t17-/m1/s1. The number of rotatable bonds is 5. The van der Waals surface area contributed by atoms with Crippen molar-refractivity contribution < 1.29 is 9.63 Å². The number of benzene rings is 1. The SMILES string of the molecule is Cc1ccc(-c2cc(C(=O)N[C@H](C)c3ncn[nH]3)cc(C3=NOC4(CCCCC4)C3)c2)nc1. The Kier molecular flexibility index (Phi) is 5.66. The minimum Gasteiger partial charge on any atom is -0.389 e. The highest BCUT2D eigenvalue weighted by atomic mass is 16.7. The first kappa shape index (κ1) is 21.3. The fourth-order valence-corrected chi connectivity index (χ4v) is 4.62. The maximum absolute atomic E-state index is 13.2. The summed E-state index contributed by atoms with van der Waals surface area (Å²) in [6.07, 6.45) is 9.69. The molecule has 3 heterocycles. The summed E-state index contributed by atoms with van der Waals surface area (Å²) in [7, 11) is 0. The van der Waals surface area contributed by atoms with Crippen molar-refractivity contribution in [3.63, 3.8) is 0 Å². The van der Waals surface area contributed by atoms with Gasteiger partial charge in [-0.15, -0.1) is 0 Å². The summed E-state index contributed by atoms with van der Waals surface area (Å²) in [5, 5.41) is 14.1. The van der Waals surface area contributed by atoms with Crippen LogP contribution in [0.2, 0.25) is 0 Å². The van der Waals surface area contributed by atoms with E-state index in [9.17, 15) is 4.79 Å². The van der Waals surface area contributed by atoms with E-state index in [1.54, 1.807) is 0 Å². The van der Waals surface area contributed by atoms with E-state index >= 15 is 0 Å². The summed E-state index contributed by atoms with van der Waals surface area (Å²) in [4.78, 5) is 27.9. The Labute approximate surface area is 192 Å². The number of nitrogens with one attached hydrogen (secondary N) is 2. The summed E-state index contributed by atoms with van der Waals surface area (Å²) >= 11 is 0. The van der Waals surface area contributed by atoms with Gasteiger partial charge in [0.15, 0.2) is 0 Å². The number of aromatic nitrogens is 4. The van der Waals surface area contributed by atoms with Crippen molar-refractivity contribution in [2.24, 2.45) is 5.16 Å². The van der Waals surface area contributed by atoms with Crippen LogP contribution in [0.1, 0.15) is 78.8 Å². The molecule has 1 saturated carbocycles. The molecule has 33 heavy (non-hydrogen) atoms. The van der Waals surface area contributed by atoms with Crippen molar-refractivity contribution in [1.82, 2.24) is 25.5 Å². The Morgan fingerprint density at radius 1 is 1.12 bits per heavy atom. The molecule has 1 aromatic carbocycles. The van der Waals surface area contributed by atoms with Crippen molar-refractivity contribution >= 4 is 11.6 Å². The minimum atomic E-state index is -0.303. The third kappa shape index (κ3) is 4.51. The molecule has 2 aromatic heterocycles. The molecule has 0 radical (unpaired) electrons. The highest BCUT2D eigenvalue weighted by Crippen LogP contribution is 2.40. The molecule has 1 atom stereocenters. The second kappa shape index (κ2) is 8.77. The van der Waals surface area contributed by atoms with Crippen molar-refractivity contribution in [1.29, 1.82) is 0 Å². The Morgan fingerprint density at radius 2 is 1.94 bits per heavy atom. The Hall–Kier alpha value is -3.55. The van der Waals surface area contributed by atoms with Crippen LogP contribution in [0.5, 0.6) is 0 Å². The van der Waals surface area contributed by atoms with Crippen molar-refractivity contribution in [2.45, 2.75) is 64.0 Å². The molecule has 1 amide bonds. The molecule has 0 bridgehead atoms. The third-order valence-electron chi connectivity index (χ3n) is 6.53. The number of carbonyl (C=O) groups excluding carboxylic acids is 1. The summed E-state index contributed by atoms with van der Waals surface area (Å²) < 4.78 is 0. The highest BCUT2D eigenvalue weighted by Gasteiger charge is 2.40. The summed E-state index contributed by atoms with van der Waals surface area (Å²) in [6.45, 7) is 3.87. The average molecular weight is 445 g/mol. The normalized spacial score (nSPS) is 17.9. The Balaban J connectivity index is 1.47. The second-order valence-electron chi connectivity index (χ2n) is 9.14. The van der Waals surface area contributed by atoms with Crippen LogP contribution in [-0.4, -0.2) is 37.4 Å². The molecule has 170 valence electrons. The lowest BCUT2D eigenvalue weighted by atomic mass is 9.80. The smallest absolute Gasteiger partial charge is 0.251 e. The predicted molar refractivity (Wildman–Crippen MR) is 125 cm³/mol. The molecule has 2 aliphatic rings. The van der Waals surface area contributed by atoms with Gasteiger partial charge in [-0.1, -0.05) is 17.6 Å². The van der Waals surface area contributed by atoms with E-state index in [0.29, 0.717) is 11.4 Å². The van der Waals surface area contributed by atoms with Gasteiger partial charge in [-0.2, -0.15) is 5.10 Å². The predicted octanol–water partition coefficient (Wildman–Crippen LogP) is 4.49. The van der Waals surface area contributed by atoms with E-state index < -0.39 is 0 Å². The van der Waals surface area contributed by atoms with E-state index in [-0.39, 0.29) is 17.6 Å². The lowest BCUT2D eigenvalue weighted by Gasteiger charge is -2.30. The van der Waals surface area contributed by atoms with Gasteiger partial charge in [0.25, 0.3) is 5.91 Å². The van der Waals surface area contributed by atoms with Gasteiger partial charge >= 0.3 is 0 Å². The minimum absolute atomic E-state index is 0.186. The van der Waals surface area contributed by atoms with Crippen LogP contribution in [0.25, 0.3) is 11.3 Å². The Morgan fingerprint density at radius 3 is 2.67 bits per heavy atom. The largest absolute Gasteiger partial charge is 0.389 e. The number of aromatic amines is 1.